The average Bonchev–Trinajstić information content (AvgIpc) is 3.30. The van der Waals surface area contributed by atoms with Gasteiger partial charge in [0.15, 0.2) is 0 Å². The van der Waals surface area contributed by atoms with Crippen LogP contribution in [0, 0.1) is 0 Å². The summed E-state index contributed by atoms with van der Waals surface area (Å²) in [5.74, 6) is 1.72. The van der Waals surface area contributed by atoms with E-state index in [1.165, 1.54) is 18.4 Å². The summed E-state index contributed by atoms with van der Waals surface area (Å²) in [5, 5.41) is 7.85. The van der Waals surface area contributed by atoms with Gasteiger partial charge in [-0.25, -0.2) is 4.68 Å². The molecule has 0 unspecified atom stereocenters. The first-order chi connectivity index (χ1) is 11.4. The van der Waals surface area contributed by atoms with Crippen LogP contribution < -0.4 is 0 Å². The Morgan fingerprint density at radius 2 is 1.91 bits per heavy atom. The molecule has 1 saturated heterocycles. The standard InChI is InChI=1S/C18H20N4O/c1-2-18(23-13-1)16-7-10-21(11-8-16)14-15-3-5-17(6-4-15)22-12-9-19-20-22/h1-6,9,12-13,16H,7-8,10-11,14H2. The molecular formula is C18H20N4O. The molecule has 5 heteroatoms. The van der Waals surface area contributed by atoms with Crippen molar-refractivity contribution in [2.75, 3.05) is 13.1 Å². The van der Waals surface area contributed by atoms with Crippen molar-refractivity contribution in [1.29, 1.82) is 0 Å². The number of piperidine rings is 1. The smallest absolute Gasteiger partial charge is 0.106 e. The van der Waals surface area contributed by atoms with E-state index in [2.05, 4.69) is 45.5 Å². The molecule has 4 rings (SSSR count). The summed E-state index contributed by atoms with van der Waals surface area (Å²) in [5.41, 5.74) is 2.38. The van der Waals surface area contributed by atoms with E-state index in [9.17, 15) is 0 Å². The van der Waals surface area contributed by atoms with Gasteiger partial charge < -0.3 is 4.42 Å². The second kappa shape index (κ2) is 6.38. The van der Waals surface area contributed by atoms with Gasteiger partial charge in [0.25, 0.3) is 0 Å². The summed E-state index contributed by atoms with van der Waals surface area (Å²) >= 11 is 0. The van der Waals surface area contributed by atoms with Gasteiger partial charge in [-0.05, 0) is 55.8 Å². The Balaban J connectivity index is 1.34. The molecule has 5 nitrogen and oxygen atoms in total. The highest BCUT2D eigenvalue weighted by Gasteiger charge is 2.22. The van der Waals surface area contributed by atoms with Crippen LogP contribution in [-0.2, 0) is 6.54 Å². The van der Waals surface area contributed by atoms with Crippen molar-refractivity contribution in [2.45, 2.75) is 25.3 Å². The van der Waals surface area contributed by atoms with E-state index in [0.717, 1.165) is 31.1 Å². The largest absolute Gasteiger partial charge is 0.469 e. The molecule has 0 radical (unpaired) electrons. The van der Waals surface area contributed by atoms with Gasteiger partial charge >= 0.3 is 0 Å². The van der Waals surface area contributed by atoms with E-state index in [4.69, 9.17) is 4.42 Å². The Morgan fingerprint density at radius 1 is 1.09 bits per heavy atom. The molecule has 1 fully saturated rings. The molecule has 0 amide bonds. The second-order valence-electron chi connectivity index (χ2n) is 6.08. The van der Waals surface area contributed by atoms with Crippen LogP contribution in [0.2, 0.25) is 0 Å². The molecule has 0 atom stereocenters. The normalized spacial score (nSPS) is 16.7. The minimum absolute atomic E-state index is 0.580. The first kappa shape index (κ1) is 14.2. The van der Waals surface area contributed by atoms with Crippen LogP contribution in [-0.4, -0.2) is 33.0 Å². The molecule has 0 spiro atoms. The van der Waals surface area contributed by atoms with Crippen molar-refractivity contribution in [3.63, 3.8) is 0 Å². The Labute approximate surface area is 135 Å². The summed E-state index contributed by atoms with van der Waals surface area (Å²) in [6, 6.07) is 12.6. The van der Waals surface area contributed by atoms with E-state index >= 15 is 0 Å². The third-order valence-electron chi connectivity index (χ3n) is 4.56. The summed E-state index contributed by atoms with van der Waals surface area (Å²) < 4.78 is 7.32. The van der Waals surface area contributed by atoms with Crippen molar-refractivity contribution < 1.29 is 4.42 Å². The van der Waals surface area contributed by atoms with Crippen LogP contribution >= 0.6 is 0 Å². The van der Waals surface area contributed by atoms with Gasteiger partial charge in [0.2, 0.25) is 0 Å². The minimum Gasteiger partial charge on any atom is -0.469 e. The van der Waals surface area contributed by atoms with Crippen molar-refractivity contribution in [3.8, 4) is 5.69 Å². The maximum atomic E-state index is 5.54. The molecule has 2 aromatic heterocycles. The van der Waals surface area contributed by atoms with Gasteiger partial charge in [-0.15, -0.1) is 5.10 Å². The van der Waals surface area contributed by atoms with E-state index in [1.54, 1.807) is 17.1 Å². The third kappa shape index (κ3) is 3.19. The Hall–Kier alpha value is -2.40. The lowest BCUT2D eigenvalue weighted by molar-refractivity contribution is 0.195. The zero-order chi connectivity index (χ0) is 15.5. The van der Waals surface area contributed by atoms with Gasteiger partial charge in [0.05, 0.1) is 24.3 Å². The molecule has 1 aliphatic heterocycles. The van der Waals surface area contributed by atoms with Crippen LogP contribution in [0.15, 0.2) is 59.5 Å². The first-order valence-electron chi connectivity index (χ1n) is 8.10. The lowest BCUT2D eigenvalue weighted by Gasteiger charge is -2.31. The molecule has 0 bridgehead atoms. The summed E-state index contributed by atoms with van der Waals surface area (Å²) in [6.45, 7) is 3.24. The molecule has 118 valence electrons. The lowest BCUT2D eigenvalue weighted by Crippen LogP contribution is -2.32. The zero-order valence-corrected chi connectivity index (χ0v) is 13.0. The average molecular weight is 308 g/mol. The first-order valence-corrected chi connectivity index (χ1v) is 8.10. The quantitative estimate of drug-likeness (QED) is 0.742. The number of hydrogen-bond donors (Lipinski definition) is 0. The summed E-state index contributed by atoms with van der Waals surface area (Å²) in [7, 11) is 0. The number of aromatic nitrogens is 3. The maximum Gasteiger partial charge on any atom is 0.106 e. The fourth-order valence-electron chi connectivity index (χ4n) is 3.26. The van der Waals surface area contributed by atoms with Gasteiger partial charge in [0.1, 0.15) is 5.76 Å². The number of benzene rings is 1. The topological polar surface area (TPSA) is 47.1 Å². The third-order valence-corrected chi connectivity index (χ3v) is 4.56. The van der Waals surface area contributed by atoms with E-state index in [-0.39, 0.29) is 0 Å². The van der Waals surface area contributed by atoms with E-state index in [0.29, 0.717) is 5.92 Å². The predicted molar refractivity (Wildman–Crippen MR) is 87.3 cm³/mol. The molecule has 23 heavy (non-hydrogen) atoms. The van der Waals surface area contributed by atoms with E-state index < -0.39 is 0 Å². The monoisotopic (exact) mass is 308 g/mol. The minimum atomic E-state index is 0.580. The van der Waals surface area contributed by atoms with Gasteiger partial charge in [-0.1, -0.05) is 17.3 Å². The summed E-state index contributed by atoms with van der Waals surface area (Å²) in [6.07, 6.45) is 7.67. The van der Waals surface area contributed by atoms with Crippen LogP contribution in [0.1, 0.15) is 30.1 Å². The fraction of sp³-hybridized carbons (Fsp3) is 0.333. The number of likely N-dealkylation sites (tertiary alicyclic amines) is 1. The van der Waals surface area contributed by atoms with Crippen LogP contribution in [0.25, 0.3) is 5.69 Å². The molecule has 3 heterocycles. The number of furan rings is 1. The van der Waals surface area contributed by atoms with Crippen LogP contribution in [0.4, 0.5) is 0 Å². The van der Waals surface area contributed by atoms with Crippen LogP contribution in [0.3, 0.4) is 0 Å². The molecule has 1 aromatic carbocycles. The molecule has 1 aliphatic rings. The van der Waals surface area contributed by atoms with Gasteiger partial charge in [0, 0.05) is 12.5 Å². The SMILES string of the molecule is c1coc(C2CCN(Cc3ccc(-n4ccnn4)cc3)CC2)c1. The highest BCUT2D eigenvalue weighted by molar-refractivity contribution is 5.33. The van der Waals surface area contributed by atoms with Gasteiger partial charge in [-0.3, -0.25) is 4.90 Å². The molecule has 0 N–H and O–H groups in total. The number of nitrogens with zero attached hydrogens (tertiary/aromatic N) is 4. The number of rotatable bonds is 4. The predicted octanol–water partition coefficient (Wildman–Crippen LogP) is 3.24. The van der Waals surface area contributed by atoms with Gasteiger partial charge in [-0.2, -0.15) is 0 Å². The Bertz CT molecular complexity index is 711. The van der Waals surface area contributed by atoms with E-state index in [1.807, 2.05) is 12.3 Å². The Morgan fingerprint density at radius 3 is 2.57 bits per heavy atom. The van der Waals surface area contributed by atoms with Crippen molar-refractivity contribution >= 4 is 0 Å². The summed E-state index contributed by atoms with van der Waals surface area (Å²) in [4.78, 5) is 2.52. The molecule has 0 saturated carbocycles. The lowest BCUT2D eigenvalue weighted by atomic mass is 9.94. The zero-order valence-electron chi connectivity index (χ0n) is 13.0. The molecule has 3 aromatic rings. The molecule has 0 aliphatic carbocycles. The van der Waals surface area contributed by atoms with Crippen molar-refractivity contribution in [2.24, 2.45) is 0 Å². The highest BCUT2D eigenvalue weighted by atomic mass is 16.3. The van der Waals surface area contributed by atoms with Crippen molar-refractivity contribution in [1.82, 2.24) is 19.9 Å². The fourth-order valence-corrected chi connectivity index (χ4v) is 3.26. The van der Waals surface area contributed by atoms with Crippen molar-refractivity contribution in [3.05, 3.63) is 66.4 Å². The van der Waals surface area contributed by atoms with Crippen LogP contribution in [0.5, 0.6) is 0 Å². The number of hydrogen-bond acceptors (Lipinski definition) is 4. The maximum absolute atomic E-state index is 5.54. The second-order valence-corrected chi connectivity index (χ2v) is 6.08. The highest BCUT2D eigenvalue weighted by Crippen LogP contribution is 2.28. The Kier molecular flexibility index (Phi) is 3.94. The molecular weight excluding hydrogens is 288 g/mol.